The van der Waals surface area contributed by atoms with Crippen LogP contribution in [0.5, 0.6) is 0 Å². The van der Waals surface area contributed by atoms with Crippen molar-refractivity contribution in [3.8, 4) is 0 Å². The number of hydrogen-bond donors (Lipinski definition) is 2. The molecule has 5 rings (SSSR count). The summed E-state index contributed by atoms with van der Waals surface area (Å²) in [6, 6.07) is 24.4. The van der Waals surface area contributed by atoms with Crippen molar-refractivity contribution >= 4 is 27.8 Å². The molecule has 0 spiro atoms. The fourth-order valence-electron chi connectivity index (χ4n) is 3.85. The van der Waals surface area contributed by atoms with Gasteiger partial charge in [0.15, 0.2) is 0 Å². The minimum atomic E-state index is -0.341. The molecule has 164 valence electrons. The van der Waals surface area contributed by atoms with Gasteiger partial charge in [0, 0.05) is 6.42 Å². The SMILES string of the molecule is O=C(CCn1nnc2ccccc2c1=O)N[C@@H](Cc1ccccc1)c1nc2ccccc2[nH]1. The van der Waals surface area contributed by atoms with Crippen molar-refractivity contribution in [3.05, 3.63) is 101 Å². The van der Waals surface area contributed by atoms with Gasteiger partial charge in [-0.1, -0.05) is 59.8 Å². The van der Waals surface area contributed by atoms with Crippen molar-refractivity contribution in [3.63, 3.8) is 0 Å². The molecule has 2 aromatic heterocycles. The van der Waals surface area contributed by atoms with Crippen LogP contribution < -0.4 is 10.9 Å². The van der Waals surface area contributed by atoms with E-state index in [1.165, 1.54) is 4.68 Å². The van der Waals surface area contributed by atoms with E-state index >= 15 is 0 Å². The molecule has 0 saturated heterocycles. The van der Waals surface area contributed by atoms with E-state index in [0.29, 0.717) is 23.1 Å². The topological polar surface area (TPSA) is 106 Å². The zero-order valence-corrected chi connectivity index (χ0v) is 17.8. The zero-order chi connectivity index (χ0) is 22.6. The average Bonchev–Trinajstić information content (AvgIpc) is 3.28. The van der Waals surface area contributed by atoms with Crippen molar-refractivity contribution < 1.29 is 4.79 Å². The summed E-state index contributed by atoms with van der Waals surface area (Å²) in [6.07, 6.45) is 0.681. The third-order valence-corrected chi connectivity index (χ3v) is 5.54. The van der Waals surface area contributed by atoms with Crippen LogP contribution in [-0.2, 0) is 17.8 Å². The lowest BCUT2D eigenvalue weighted by molar-refractivity contribution is -0.122. The van der Waals surface area contributed by atoms with Crippen LogP contribution in [0.4, 0.5) is 0 Å². The van der Waals surface area contributed by atoms with Crippen LogP contribution in [0.2, 0.25) is 0 Å². The third kappa shape index (κ3) is 4.50. The molecule has 2 N–H and O–H groups in total. The second-order valence-corrected chi connectivity index (χ2v) is 7.83. The molecule has 33 heavy (non-hydrogen) atoms. The van der Waals surface area contributed by atoms with E-state index in [9.17, 15) is 9.59 Å². The first-order valence-corrected chi connectivity index (χ1v) is 10.8. The number of fused-ring (bicyclic) bond motifs is 2. The molecule has 0 bridgehead atoms. The van der Waals surface area contributed by atoms with Gasteiger partial charge in [0.1, 0.15) is 11.3 Å². The van der Waals surface area contributed by atoms with Crippen LogP contribution in [0, 0.1) is 0 Å². The number of carbonyl (C=O) groups excluding carboxylic acids is 1. The fourth-order valence-corrected chi connectivity index (χ4v) is 3.85. The summed E-state index contributed by atoms with van der Waals surface area (Å²) in [5.41, 5.74) is 3.12. The lowest BCUT2D eigenvalue weighted by Gasteiger charge is -2.17. The summed E-state index contributed by atoms with van der Waals surface area (Å²) in [7, 11) is 0. The Morgan fingerprint density at radius 3 is 2.48 bits per heavy atom. The molecular weight excluding hydrogens is 416 g/mol. The van der Waals surface area contributed by atoms with E-state index in [1.807, 2.05) is 54.6 Å². The number of nitrogens with one attached hydrogen (secondary N) is 2. The number of rotatable bonds is 7. The summed E-state index contributed by atoms with van der Waals surface area (Å²) in [5, 5.41) is 11.6. The highest BCUT2D eigenvalue weighted by molar-refractivity contribution is 5.78. The number of imidazole rings is 1. The predicted octanol–water partition coefficient (Wildman–Crippen LogP) is 3.16. The summed E-state index contributed by atoms with van der Waals surface area (Å²) in [5.74, 6) is 0.495. The number of H-pyrrole nitrogens is 1. The molecule has 0 fully saturated rings. The van der Waals surface area contributed by atoms with Gasteiger partial charge in [-0.3, -0.25) is 9.59 Å². The van der Waals surface area contributed by atoms with E-state index in [0.717, 1.165) is 16.6 Å². The minimum Gasteiger partial charge on any atom is -0.346 e. The van der Waals surface area contributed by atoms with E-state index in [4.69, 9.17) is 0 Å². The van der Waals surface area contributed by atoms with E-state index in [-0.39, 0.29) is 30.5 Å². The van der Waals surface area contributed by atoms with Gasteiger partial charge in [-0.05, 0) is 36.2 Å². The van der Waals surface area contributed by atoms with Crippen LogP contribution >= 0.6 is 0 Å². The van der Waals surface area contributed by atoms with Gasteiger partial charge in [0.2, 0.25) is 5.91 Å². The molecule has 0 aliphatic rings. The Bertz CT molecular complexity index is 1440. The van der Waals surface area contributed by atoms with Gasteiger partial charge in [0.25, 0.3) is 5.56 Å². The number of amides is 1. The number of carbonyl (C=O) groups is 1. The average molecular weight is 438 g/mol. The number of hydrogen-bond acceptors (Lipinski definition) is 5. The standard InChI is InChI=1S/C25H22N6O2/c32-23(14-15-31-25(33)18-10-4-5-11-19(18)29-30-31)26-22(16-17-8-2-1-3-9-17)24-27-20-12-6-7-13-21(20)28-24/h1-13,22H,14-16H2,(H,26,32)(H,27,28)/t22-/m0/s1. The van der Waals surface area contributed by atoms with Gasteiger partial charge < -0.3 is 10.3 Å². The zero-order valence-electron chi connectivity index (χ0n) is 17.8. The van der Waals surface area contributed by atoms with Crippen molar-refractivity contribution in [2.75, 3.05) is 0 Å². The van der Waals surface area contributed by atoms with Crippen molar-refractivity contribution in [1.29, 1.82) is 0 Å². The lowest BCUT2D eigenvalue weighted by atomic mass is 10.1. The quantitative estimate of drug-likeness (QED) is 0.406. The van der Waals surface area contributed by atoms with Gasteiger partial charge >= 0.3 is 0 Å². The van der Waals surface area contributed by atoms with Crippen molar-refractivity contribution in [1.82, 2.24) is 30.3 Å². The normalized spacial score (nSPS) is 12.1. The molecule has 2 heterocycles. The van der Waals surface area contributed by atoms with Gasteiger partial charge in [0.05, 0.1) is 29.0 Å². The van der Waals surface area contributed by atoms with Crippen molar-refractivity contribution in [2.45, 2.75) is 25.4 Å². The molecule has 8 nitrogen and oxygen atoms in total. The summed E-state index contributed by atoms with van der Waals surface area (Å²) in [4.78, 5) is 33.5. The van der Waals surface area contributed by atoms with Crippen LogP contribution in [0.1, 0.15) is 23.9 Å². The predicted molar refractivity (Wildman–Crippen MR) is 126 cm³/mol. The van der Waals surface area contributed by atoms with Gasteiger partial charge in [-0.25, -0.2) is 9.67 Å². The maximum absolute atomic E-state index is 12.9. The first-order chi connectivity index (χ1) is 16.2. The molecule has 0 unspecified atom stereocenters. The van der Waals surface area contributed by atoms with Gasteiger partial charge in [-0.15, -0.1) is 5.10 Å². The molecule has 1 amide bonds. The van der Waals surface area contributed by atoms with Gasteiger partial charge in [-0.2, -0.15) is 0 Å². The number of benzene rings is 3. The highest BCUT2D eigenvalue weighted by Crippen LogP contribution is 2.20. The Labute approximate surface area is 189 Å². The summed E-state index contributed by atoms with van der Waals surface area (Å²) >= 11 is 0. The summed E-state index contributed by atoms with van der Waals surface area (Å²) < 4.78 is 1.23. The Kier molecular flexibility index (Phi) is 5.63. The molecule has 1 atom stereocenters. The monoisotopic (exact) mass is 438 g/mol. The third-order valence-electron chi connectivity index (χ3n) is 5.54. The lowest BCUT2D eigenvalue weighted by Crippen LogP contribution is -2.33. The minimum absolute atomic E-state index is 0.0957. The first-order valence-electron chi connectivity index (χ1n) is 10.8. The highest BCUT2D eigenvalue weighted by atomic mass is 16.2. The van der Waals surface area contributed by atoms with E-state index in [1.54, 1.807) is 24.3 Å². The van der Waals surface area contributed by atoms with Crippen LogP contribution in [0.25, 0.3) is 21.9 Å². The maximum Gasteiger partial charge on any atom is 0.277 e. The van der Waals surface area contributed by atoms with Crippen molar-refractivity contribution in [2.24, 2.45) is 0 Å². The first kappa shape index (κ1) is 20.6. The number of nitrogens with zero attached hydrogens (tertiary/aromatic N) is 4. The Morgan fingerprint density at radius 2 is 1.67 bits per heavy atom. The van der Waals surface area contributed by atoms with Crippen LogP contribution in [0.3, 0.4) is 0 Å². The second kappa shape index (κ2) is 9.04. The molecule has 0 saturated carbocycles. The molecule has 5 aromatic rings. The number of aryl methyl sites for hydroxylation is 1. The second-order valence-electron chi connectivity index (χ2n) is 7.83. The van der Waals surface area contributed by atoms with Crippen LogP contribution in [-0.4, -0.2) is 30.9 Å². The Hall–Kier alpha value is -4.33. The van der Waals surface area contributed by atoms with Crippen LogP contribution in [0.15, 0.2) is 83.7 Å². The number of para-hydroxylation sites is 2. The smallest absolute Gasteiger partial charge is 0.277 e. The highest BCUT2D eigenvalue weighted by Gasteiger charge is 2.19. The molecule has 3 aromatic carbocycles. The van der Waals surface area contributed by atoms with E-state index < -0.39 is 0 Å². The largest absolute Gasteiger partial charge is 0.346 e. The molecule has 0 radical (unpaired) electrons. The molecule has 0 aliphatic carbocycles. The molecule has 8 heteroatoms. The summed E-state index contributed by atoms with van der Waals surface area (Å²) in [6.45, 7) is 0.140. The Balaban J connectivity index is 1.34. The fraction of sp³-hybridized carbons (Fsp3) is 0.160. The Morgan fingerprint density at radius 1 is 0.939 bits per heavy atom. The maximum atomic E-state index is 12.9. The van der Waals surface area contributed by atoms with E-state index in [2.05, 4.69) is 25.6 Å². The number of aromatic amines is 1. The number of aromatic nitrogens is 5. The molecular formula is C25H22N6O2. The molecule has 0 aliphatic heterocycles.